The molecule has 0 N–H and O–H groups in total. The quantitative estimate of drug-likeness (QED) is 0.606. The molecule has 0 aromatic carbocycles. The SMILES string of the molecule is COC1C[C@@H](C(C)(C)C)[Si](C(C)(C)C)(C(C)(C)C)O1. The highest BCUT2D eigenvalue weighted by atomic mass is 28.4. The van der Waals surface area contributed by atoms with Crippen molar-refractivity contribution < 1.29 is 9.16 Å². The van der Waals surface area contributed by atoms with E-state index in [1.807, 2.05) is 0 Å². The first-order chi connectivity index (χ1) is 8.27. The van der Waals surface area contributed by atoms with Gasteiger partial charge in [0.15, 0.2) is 0 Å². The zero-order valence-electron chi connectivity index (χ0n) is 14.7. The molecule has 1 saturated heterocycles. The summed E-state index contributed by atoms with van der Waals surface area (Å²) in [6.07, 6.45) is 1.02. The first-order valence-electron chi connectivity index (χ1n) is 7.48. The molecule has 1 rings (SSSR count). The molecule has 0 amide bonds. The summed E-state index contributed by atoms with van der Waals surface area (Å²) in [5.74, 6) is 0. The van der Waals surface area contributed by atoms with Crippen LogP contribution in [-0.2, 0) is 9.16 Å². The van der Waals surface area contributed by atoms with Crippen molar-refractivity contribution in [3.8, 4) is 0 Å². The van der Waals surface area contributed by atoms with Gasteiger partial charge in [-0.2, -0.15) is 0 Å². The second-order valence-electron chi connectivity index (χ2n) is 9.17. The van der Waals surface area contributed by atoms with Crippen molar-refractivity contribution in [3.63, 3.8) is 0 Å². The Bertz CT molecular complexity index is 303. The summed E-state index contributed by atoms with van der Waals surface area (Å²) in [5, 5.41) is 0.410. The maximum absolute atomic E-state index is 6.68. The van der Waals surface area contributed by atoms with E-state index in [-0.39, 0.29) is 21.8 Å². The Morgan fingerprint density at radius 3 is 1.53 bits per heavy atom. The van der Waals surface area contributed by atoms with Gasteiger partial charge in [0.05, 0.1) is 0 Å². The van der Waals surface area contributed by atoms with Crippen LogP contribution in [0.4, 0.5) is 0 Å². The monoisotopic (exact) mass is 286 g/mol. The van der Waals surface area contributed by atoms with Gasteiger partial charge in [-0.3, -0.25) is 0 Å². The maximum Gasteiger partial charge on any atom is 0.210 e. The third-order valence-corrected chi connectivity index (χ3v) is 11.9. The number of hydrogen-bond donors (Lipinski definition) is 0. The van der Waals surface area contributed by atoms with Crippen molar-refractivity contribution in [1.29, 1.82) is 0 Å². The van der Waals surface area contributed by atoms with Crippen LogP contribution in [0, 0.1) is 5.41 Å². The van der Waals surface area contributed by atoms with E-state index in [4.69, 9.17) is 9.16 Å². The van der Waals surface area contributed by atoms with Crippen LogP contribution in [-0.4, -0.2) is 21.7 Å². The molecule has 114 valence electrons. The molecule has 0 aromatic heterocycles. The molecule has 1 fully saturated rings. The summed E-state index contributed by atoms with van der Waals surface area (Å²) in [4.78, 5) is 0. The molecule has 0 spiro atoms. The molecule has 0 aromatic rings. The minimum absolute atomic E-state index is 0.0191. The summed E-state index contributed by atoms with van der Waals surface area (Å²) in [5.41, 5.74) is 0.880. The van der Waals surface area contributed by atoms with Crippen molar-refractivity contribution >= 4 is 8.32 Å². The molecule has 2 atom stereocenters. The Hall–Kier alpha value is 0.137. The van der Waals surface area contributed by atoms with Crippen molar-refractivity contribution in [2.45, 2.75) is 90.6 Å². The van der Waals surface area contributed by atoms with E-state index >= 15 is 0 Å². The Morgan fingerprint density at radius 1 is 0.895 bits per heavy atom. The van der Waals surface area contributed by atoms with Crippen molar-refractivity contribution in [2.24, 2.45) is 5.41 Å². The Labute approximate surface area is 121 Å². The topological polar surface area (TPSA) is 18.5 Å². The van der Waals surface area contributed by atoms with E-state index in [0.717, 1.165) is 6.42 Å². The number of rotatable bonds is 1. The fourth-order valence-corrected chi connectivity index (χ4v) is 11.9. The predicted octanol–water partition coefficient (Wildman–Crippen LogP) is 5.34. The number of hydrogen-bond acceptors (Lipinski definition) is 2. The van der Waals surface area contributed by atoms with Crippen LogP contribution in [0.2, 0.25) is 15.6 Å². The molecular formula is C16H34O2Si. The average molecular weight is 287 g/mol. The van der Waals surface area contributed by atoms with Gasteiger partial charge in [-0.25, -0.2) is 0 Å². The van der Waals surface area contributed by atoms with Crippen molar-refractivity contribution in [2.75, 3.05) is 7.11 Å². The van der Waals surface area contributed by atoms with Gasteiger partial charge >= 0.3 is 0 Å². The summed E-state index contributed by atoms with van der Waals surface area (Å²) < 4.78 is 12.3. The molecular weight excluding hydrogens is 252 g/mol. The standard InChI is InChI=1S/C16H34O2Si/c1-14(2,3)12-11-13(17-10)18-19(12,15(4,5)6)16(7,8)9/h12-13H,11H2,1-10H3/t12-,13?/m0/s1. The number of methoxy groups -OCH3 is 1. The van der Waals surface area contributed by atoms with E-state index in [1.54, 1.807) is 7.11 Å². The minimum atomic E-state index is -2.01. The molecule has 1 unspecified atom stereocenters. The minimum Gasteiger partial charge on any atom is -0.391 e. The summed E-state index contributed by atoms with van der Waals surface area (Å²) in [6.45, 7) is 21.3. The van der Waals surface area contributed by atoms with Crippen LogP contribution in [0.25, 0.3) is 0 Å². The van der Waals surface area contributed by atoms with Crippen LogP contribution in [0.5, 0.6) is 0 Å². The van der Waals surface area contributed by atoms with E-state index < -0.39 is 8.32 Å². The molecule has 1 heterocycles. The predicted molar refractivity (Wildman–Crippen MR) is 84.9 cm³/mol. The molecule has 2 nitrogen and oxygen atoms in total. The highest BCUT2D eigenvalue weighted by molar-refractivity contribution is 6.81. The van der Waals surface area contributed by atoms with Crippen molar-refractivity contribution in [1.82, 2.24) is 0 Å². The van der Waals surface area contributed by atoms with E-state index in [2.05, 4.69) is 62.3 Å². The third kappa shape index (κ3) is 2.79. The van der Waals surface area contributed by atoms with Gasteiger partial charge in [0.1, 0.15) is 6.29 Å². The van der Waals surface area contributed by atoms with E-state index in [0.29, 0.717) is 5.54 Å². The second kappa shape index (κ2) is 4.85. The lowest BCUT2D eigenvalue weighted by molar-refractivity contribution is -0.0506. The summed E-state index contributed by atoms with van der Waals surface area (Å²) in [6, 6.07) is 0. The van der Waals surface area contributed by atoms with Crippen LogP contribution in [0.15, 0.2) is 0 Å². The first-order valence-corrected chi connectivity index (χ1v) is 9.46. The third-order valence-electron chi connectivity index (χ3n) is 4.77. The van der Waals surface area contributed by atoms with Gasteiger partial charge in [-0.05, 0) is 21.0 Å². The van der Waals surface area contributed by atoms with Crippen molar-refractivity contribution in [3.05, 3.63) is 0 Å². The lowest BCUT2D eigenvalue weighted by Crippen LogP contribution is -2.57. The Morgan fingerprint density at radius 2 is 1.32 bits per heavy atom. The van der Waals surface area contributed by atoms with Gasteiger partial charge in [0.2, 0.25) is 8.32 Å². The largest absolute Gasteiger partial charge is 0.391 e. The molecule has 0 radical (unpaired) electrons. The van der Waals surface area contributed by atoms with Crippen LogP contribution < -0.4 is 0 Å². The molecule has 1 aliphatic rings. The molecule has 3 heteroatoms. The molecule has 19 heavy (non-hydrogen) atoms. The van der Waals surface area contributed by atoms with Gasteiger partial charge in [-0.15, -0.1) is 0 Å². The fourth-order valence-electron chi connectivity index (χ4n) is 4.33. The van der Waals surface area contributed by atoms with E-state index in [1.165, 1.54) is 0 Å². The lowest BCUT2D eigenvalue weighted by Gasteiger charge is -2.54. The van der Waals surface area contributed by atoms with Crippen LogP contribution in [0.3, 0.4) is 0 Å². The van der Waals surface area contributed by atoms with E-state index in [9.17, 15) is 0 Å². The summed E-state index contributed by atoms with van der Waals surface area (Å²) in [7, 11) is -0.231. The lowest BCUT2D eigenvalue weighted by atomic mass is 9.89. The van der Waals surface area contributed by atoms with Crippen LogP contribution in [0.1, 0.15) is 68.7 Å². The van der Waals surface area contributed by atoms with Gasteiger partial charge in [0, 0.05) is 13.5 Å². The zero-order valence-corrected chi connectivity index (χ0v) is 15.7. The molecule has 0 bridgehead atoms. The van der Waals surface area contributed by atoms with Crippen LogP contribution >= 0.6 is 0 Å². The average Bonchev–Trinajstić information content (AvgIpc) is 2.55. The zero-order chi connectivity index (χ0) is 15.3. The molecule has 0 aliphatic carbocycles. The number of ether oxygens (including phenoxy) is 1. The first kappa shape index (κ1) is 17.2. The smallest absolute Gasteiger partial charge is 0.210 e. The van der Waals surface area contributed by atoms with Gasteiger partial charge < -0.3 is 9.16 Å². The Balaban J connectivity index is 3.42. The maximum atomic E-state index is 6.68. The highest BCUT2D eigenvalue weighted by Gasteiger charge is 2.66. The summed E-state index contributed by atoms with van der Waals surface area (Å²) >= 11 is 0. The Kier molecular flexibility index (Phi) is 4.39. The van der Waals surface area contributed by atoms with Gasteiger partial charge in [0.25, 0.3) is 0 Å². The normalized spacial score (nSPS) is 28.7. The molecule has 1 aliphatic heterocycles. The highest BCUT2D eigenvalue weighted by Crippen LogP contribution is 2.66. The fraction of sp³-hybridized carbons (Fsp3) is 1.00. The second-order valence-corrected chi connectivity index (χ2v) is 14.6. The van der Waals surface area contributed by atoms with Gasteiger partial charge in [-0.1, -0.05) is 62.3 Å². The molecule has 0 saturated carbocycles.